The minimum atomic E-state index is -0.627. The van der Waals surface area contributed by atoms with Crippen LogP contribution >= 0.6 is 46.9 Å². The quantitative estimate of drug-likeness (QED) is 0.310. The van der Waals surface area contributed by atoms with Crippen LogP contribution in [0.15, 0.2) is 41.4 Å². The van der Waals surface area contributed by atoms with E-state index in [1.165, 1.54) is 11.3 Å². The first-order valence-corrected chi connectivity index (χ1v) is 8.90. The molecular formula is C17H23ClIN3O2S. The van der Waals surface area contributed by atoms with Crippen molar-refractivity contribution in [2.75, 3.05) is 20.2 Å². The van der Waals surface area contributed by atoms with E-state index in [0.29, 0.717) is 23.4 Å². The predicted octanol–water partition coefficient (Wildman–Crippen LogP) is 3.82. The van der Waals surface area contributed by atoms with E-state index in [1.807, 2.05) is 37.3 Å². The van der Waals surface area contributed by atoms with Crippen LogP contribution < -0.4 is 15.4 Å². The van der Waals surface area contributed by atoms with Crippen molar-refractivity contribution in [1.29, 1.82) is 0 Å². The SMILES string of the molecule is CCNC(=NCc1ccccc1OC)NCC(O)c1ccc(Cl)s1.I. The normalized spacial score (nSPS) is 12.2. The van der Waals surface area contributed by atoms with Gasteiger partial charge in [0.25, 0.3) is 0 Å². The third kappa shape index (κ3) is 7.01. The van der Waals surface area contributed by atoms with Gasteiger partial charge in [-0.15, -0.1) is 35.3 Å². The summed E-state index contributed by atoms with van der Waals surface area (Å²) in [6.07, 6.45) is -0.627. The highest BCUT2D eigenvalue weighted by molar-refractivity contribution is 14.0. The summed E-state index contributed by atoms with van der Waals surface area (Å²) in [5.74, 6) is 1.45. The maximum atomic E-state index is 10.2. The summed E-state index contributed by atoms with van der Waals surface area (Å²) in [5, 5.41) is 16.5. The molecule has 0 saturated heterocycles. The highest BCUT2D eigenvalue weighted by atomic mass is 127. The number of nitrogens with one attached hydrogen (secondary N) is 2. The Hall–Kier alpha value is -1.03. The van der Waals surface area contributed by atoms with Crippen molar-refractivity contribution in [3.05, 3.63) is 51.2 Å². The van der Waals surface area contributed by atoms with Gasteiger partial charge in [0.05, 0.1) is 18.0 Å². The van der Waals surface area contributed by atoms with E-state index < -0.39 is 6.10 Å². The molecular weight excluding hydrogens is 473 g/mol. The molecule has 0 aliphatic rings. The van der Waals surface area contributed by atoms with Gasteiger partial charge in [-0.1, -0.05) is 29.8 Å². The van der Waals surface area contributed by atoms with Crippen LogP contribution in [0, 0.1) is 0 Å². The minimum absolute atomic E-state index is 0. The Morgan fingerprint density at radius 1 is 1.28 bits per heavy atom. The number of aliphatic imine (C=N–C) groups is 1. The fraction of sp³-hybridized carbons (Fsp3) is 0.353. The zero-order chi connectivity index (χ0) is 17.4. The maximum absolute atomic E-state index is 10.2. The van der Waals surface area contributed by atoms with Crippen LogP contribution in [0.25, 0.3) is 0 Å². The van der Waals surface area contributed by atoms with Crippen molar-refractivity contribution in [3.63, 3.8) is 0 Å². The number of benzene rings is 1. The first-order valence-electron chi connectivity index (χ1n) is 7.71. The number of ether oxygens (including phenoxy) is 1. The third-order valence-electron chi connectivity index (χ3n) is 3.33. The lowest BCUT2D eigenvalue weighted by Crippen LogP contribution is -2.39. The molecule has 25 heavy (non-hydrogen) atoms. The maximum Gasteiger partial charge on any atom is 0.191 e. The Kier molecular flexibility index (Phi) is 10.2. The first-order chi connectivity index (χ1) is 11.6. The molecule has 0 amide bonds. The highest BCUT2D eigenvalue weighted by Gasteiger charge is 2.11. The van der Waals surface area contributed by atoms with Gasteiger partial charge in [-0.2, -0.15) is 0 Å². The van der Waals surface area contributed by atoms with E-state index in [2.05, 4.69) is 15.6 Å². The molecule has 1 unspecified atom stereocenters. The number of thiophene rings is 1. The second-order valence-corrected chi connectivity index (χ2v) is 6.79. The summed E-state index contributed by atoms with van der Waals surface area (Å²) in [5.41, 5.74) is 1.00. The molecule has 2 aromatic rings. The molecule has 1 atom stereocenters. The van der Waals surface area contributed by atoms with E-state index in [4.69, 9.17) is 16.3 Å². The largest absolute Gasteiger partial charge is 0.496 e. The Bertz CT molecular complexity index is 681. The van der Waals surface area contributed by atoms with Gasteiger partial charge in [0.2, 0.25) is 0 Å². The van der Waals surface area contributed by atoms with Gasteiger partial charge < -0.3 is 20.5 Å². The van der Waals surface area contributed by atoms with Crippen LogP contribution in [0.2, 0.25) is 4.34 Å². The lowest BCUT2D eigenvalue weighted by molar-refractivity contribution is 0.184. The van der Waals surface area contributed by atoms with Crippen molar-refractivity contribution in [1.82, 2.24) is 10.6 Å². The van der Waals surface area contributed by atoms with Crippen LogP contribution in [0.5, 0.6) is 5.75 Å². The average Bonchev–Trinajstić information content (AvgIpc) is 3.04. The summed E-state index contributed by atoms with van der Waals surface area (Å²) < 4.78 is 6.00. The third-order valence-corrected chi connectivity index (χ3v) is 4.66. The summed E-state index contributed by atoms with van der Waals surface area (Å²) >= 11 is 7.28. The molecule has 0 spiro atoms. The monoisotopic (exact) mass is 495 g/mol. The molecule has 1 aromatic heterocycles. The summed E-state index contributed by atoms with van der Waals surface area (Å²) in [7, 11) is 1.65. The molecule has 0 aliphatic heterocycles. The number of rotatable bonds is 7. The number of aliphatic hydroxyl groups is 1. The number of aliphatic hydroxyl groups excluding tert-OH is 1. The Morgan fingerprint density at radius 2 is 2.04 bits per heavy atom. The molecule has 0 radical (unpaired) electrons. The van der Waals surface area contributed by atoms with Gasteiger partial charge in [-0.05, 0) is 25.1 Å². The predicted molar refractivity (Wildman–Crippen MR) is 116 cm³/mol. The van der Waals surface area contributed by atoms with E-state index >= 15 is 0 Å². The van der Waals surface area contributed by atoms with Crippen LogP contribution in [-0.2, 0) is 6.54 Å². The van der Waals surface area contributed by atoms with E-state index in [1.54, 1.807) is 13.2 Å². The molecule has 138 valence electrons. The number of nitrogens with zero attached hydrogens (tertiary/aromatic N) is 1. The van der Waals surface area contributed by atoms with Gasteiger partial charge in [-0.3, -0.25) is 0 Å². The molecule has 2 rings (SSSR count). The summed E-state index contributed by atoms with van der Waals surface area (Å²) in [6, 6.07) is 11.4. The van der Waals surface area contributed by atoms with Gasteiger partial charge >= 0.3 is 0 Å². The fourth-order valence-electron chi connectivity index (χ4n) is 2.14. The Labute approximate surface area is 174 Å². The van der Waals surface area contributed by atoms with Gasteiger partial charge in [0.1, 0.15) is 11.9 Å². The van der Waals surface area contributed by atoms with Crippen LogP contribution in [0.1, 0.15) is 23.5 Å². The smallest absolute Gasteiger partial charge is 0.191 e. The zero-order valence-corrected chi connectivity index (χ0v) is 18.1. The molecule has 1 aromatic carbocycles. The minimum Gasteiger partial charge on any atom is -0.496 e. The lowest BCUT2D eigenvalue weighted by atomic mass is 10.2. The molecule has 1 heterocycles. The fourth-order valence-corrected chi connectivity index (χ4v) is 3.19. The van der Waals surface area contributed by atoms with Gasteiger partial charge in [-0.25, -0.2) is 4.99 Å². The summed E-state index contributed by atoms with van der Waals surface area (Å²) in [4.78, 5) is 5.37. The Morgan fingerprint density at radius 3 is 2.68 bits per heavy atom. The van der Waals surface area contributed by atoms with Crippen molar-refractivity contribution in [3.8, 4) is 5.75 Å². The molecule has 3 N–H and O–H groups in total. The van der Waals surface area contributed by atoms with Gasteiger partial charge in [0.15, 0.2) is 5.96 Å². The topological polar surface area (TPSA) is 65.9 Å². The van der Waals surface area contributed by atoms with Crippen LogP contribution in [0.4, 0.5) is 0 Å². The van der Waals surface area contributed by atoms with Crippen LogP contribution in [0.3, 0.4) is 0 Å². The standard InChI is InChI=1S/C17H22ClN3O2S.HI/c1-3-19-17(20-10-12-6-4-5-7-14(12)23-2)21-11-13(22)15-8-9-16(18)24-15;/h4-9,13,22H,3,10-11H2,1-2H3,(H2,19,20,21);1H. The number of halogens is 2. The molecule has 0 bridgehead atoms. The second-order valence-electron chi connectivity index (χ2n) is 5.05. The number of methoxy groups -OCH3 is 1. The highest BCUT2D eigenvalue weighted by Crippen LogP contribution is 2.26. The first kappa shape index (κ1) is 22.0. The Balaban J connectivity index is 0.00000312. The van der Waals surface area contributed by atoms with Crippen molar-refractivity contribution in [2.24, 2.45) is 4.99 Å². The average molecular weight is 496 g/mol. The molecule has 0 saturated carbocycles. The van der Waals surface area contributed by atoms with E-state index in [0.717, 1.165) is 22.7 Å². The number of hydrogen-bond acceptors (Lipinski definition) is 4. The second kappa shape index (κ2) is 11.6. The van der Waals surface area contributed by atoms with Crippen molar-refractivity contribution < 1.29 is 9.84 Å². The molecule has 8 heteroatoms. The molecule has 5 nitrogen and oxygen atoms in total. The number of para-hydroxylation sites is 1. The zero-order valence-electron chi connectivity index (χ0n) is 14.2. The van der Waals surface area contributed by atoms with Gasteiger partial charge in [0, 0.05) is 23.5 Å². The van der Waals surface area contributed by atoms with E-state index in [9.17, 15) is 5.11 Å². The molecule has 0 aliphatic carbocycles. The molecule has 0 fully saturated rings. The van der Waals surface area contributed by atoms with E-state index in [-0.39, 0.29) is 24.0 Å². The number of hydrogen-bond donors (Lipinski definition) is 3. The van der Waals surface area contributed by atoms with Crippen molar-refractivity contribution >= 4 is 52.9 Å². The number of guanidine groups is 1. The summed E-state index contributed by atoms with van der Waals surface area (Å²) in [6.45, 7) is 3.57. The lowest BCUT2D eigenvalue weighted by Gasteiger charge is -2.14. The van der Waals surface area contributed by atoms with Crippen molar-refractivity contribution in [2.45, 2.75) is 19.6 Å². The van der Waals surface area contributed by atoms with Crippen LogP contribution in [-0.4, -0.2) is 31.3 Å².